The second-order valence-electron chi connectivity index (χ2n) is 5.98. The first-order valence-corrected chi connectivity index (χ1v) is 8.58. The summed E-state index contributed by atoms with van der Waals surface area (Å²) in [7, 11) is 0. The number of carbonyl (C=O) groups excluding carboxylic acids is 3. The summed E-state index contributed by atoms with van der Waals surface area (Å²) in [6.07, 6.45) is 0. The number of rotatable bonds is 3. The molecule has 6 heteroatoms. The van der Waals surface area contributed by atoms with Gasteiger partial charge in [0.15, 0.2) is 0 Å². The standard InChI is InChI=1S/C21H13ClN2O3/c22-17-12-14(24-20(26)15-8-4-5-9-16(15)21(24)27)10-11-18(17)23-19(25)13-6-2-1-3-7-13/h1-12H,(H,23,25). The Labute approximate surface area is 160 Å². The fourth-order valence-corrected chi connectivity index (χ4v) is 3.17. The van der Waals surface area contributed by atoms with Crippen molar-refractivity contribution in [2.75, 3.05) is 10.2 Å². The van der Waals surface area contributed by atoms with Crippen LogP contribution in [0, 0.1) is 0 Å². The number of halogens is 1. The van der Waals surface area contributed by atoms with Gasteiger partial charge in [0.2, 0.25) is 0 Å². The van der Waals surface area contributed by atoms with Crippen LogP contribution in [0.25, 0.3) is 0 Å². The van der Waals surface area contributed by atoms with Crippen molar-refractivity contribution in [2.24, 2.45) is 0 Å². The van der Waals surface area contributed by atoms with Gasteiger partial charge in [0, 0.05) is 5.56 Å². The molecule has 1 heterocycles. The minimum atomic E-state index is -0.396. The Hall–Kier alpha value is -3.44. The lowest BCUT2D eigenvalue weighted by atomic mass is 10.1. The van der Waals surface area contributed by atoms with Crippen molar-refractivity contribution in [2.45, 2.75) is 0 Å². The van der Waals surface area contributed by atoms with Crippen LogP contribution in [0.5, 0.6) is 0 Å². The third-order valence-electron chi connectivity index (χ3n) is 4.29. The van der Waals surface area contributed by atoms with E-state index in [1.165, 1.54) is 6.07 Å². The minimum Gasteiger partial charge on any atom is -0.321 e. The molecular formula is C21H13ClN2O3. The van der Waals surface area contributed by atoms with Crippen molar-refractivity contribution >= 4 is 40.7 Å². The smallest absolute Gasteiger partial charge is 0.266 e. The van der Waals surface area contributed by atoms with E-state index >= 15 is 0 Å². The molecule has 27 heavy (non-hydrogen) atoms. The molecule has 0 aromatic heterocycles. The van der Waals surface area contributed by atoms with Crippen LogP contribution >= 0.6 is 11.6 Å². The molecular weight excluding hydrogens is 364 g/mol. The molecule has 5 nitrogen and oxygen atoms in total. The molecule has 4 rings (SSSR count). The number of nitrogens with one attached hydrogen (secondary N) is 1. The number of hydrogen-bond acceptors (Lipinski definition) is 3. The molecule has 3 aromatic carbocycles. The number of benzene rings is 3. The van der Waals surface area contributed by atoms with E-state index < -0.39 is 11.8 Å². The lowest BCUT2D eigenvalue weighted by Crippen LogP contribution is -2.29. The largest absolute Gasteiger partial charge is 0.321 e. The van der Waals surface area contributed by atoms with Gasteiger partial charge in [-0.15, -0.1) is 0 Å². The predicted molar refractivity (Wildman–Crippen MR) is 103 cm³/mol. The molecule has 0 fully saturated rings. The molecule has 0 bridgehead atoms. The first-order chi connectivity index (χ1) is 13.1. The third-order valence-corrected chi connectivity index (χ3v) is 4.60. The van der Waals surface area contributed by atoms with Crippen LogP contribution in [0.4, 0.5) is 11.4 Å². The van der Waals surface area contributed by atoms with Crippen molar-refractivity contribution in [1.82, 2.24) is 0 Å². The first kappa shape index (κ1) is 17.0. The zero-order valence-electron chi connectivity index (χ0n) is 14.0. The maximum absolute atomic E-state index is 12.6. The summed E-state index contributed by atoms with van der Waals surface area (Å²) in [6.45, 7) is 0. The summed E-state index contributed by atoms with van der Waals surface area (Å²) < 4.78 is 0. The van der Waals surface area contributed by atoms with Crippen LogP contribution in [-0.2, 0) is 0 Å². The van der Waals surface area contributed by atoms with Crippen LogP contribution in [0.1, 0.15) is 31.1 Å². The number of hydrogen-bond donors (Lipinski definition) is 1. The average Bonchev–Trinajstić information content (AvgIpc) is 2.95. The molecule has 3 amide bonds. The first-order valence-electron chi connectivity index (χ1n) is 8.20. The Morgan fingerprint density at radius 3 is 2.00 bits per heavy atom. The van der Waals surface area contributed by atoms with Gasteiger partial charge in [-0.3, -0.25) is 14.4 Å². The Kier molecular flexibility index (Phi) is 4.22. The Bertz CT molecular complexity index is 1040. The Morgan fingerprint density at radius 1 is 0.815 bits per heavy atom. The van der Waals surface area contributed by atoms with Gasteiger partial charge in [0.05, 0.1) is 27.5 Å². The van der Waals surface area contributed by atoms with Gasteiger partial charge in [-0.05, 0) is 42.5 Å². The minimum absolute atomic E-state index is 0.230. The number of anilines is 2. The molecule has 0 atom stereocenters. The highest BCUT2D eigenvalue weighted by Crippen LogP contribution is 2.33. The highest BCUT2D eigenvalue weighted by atomic mass is 35.5. The van der Waals surface area contributed by atoms with E-state index in [4.69, 9.17) is 11.6 Å². The fraction of sp³-hybridized carbons (Fsp3) is 0. The monoisotopic (exact) mass is 376 g/mol. The second-order valence-corrected chi connectivity index (χ2v) is 6.38. The highest BCUT2D eigenvalue weighted by Gasteiger charge is 2.36. The van der Waals surface area contributed by atoms with E-state index in [0.29, 0.717) is 28.1 Å². The third kappa shape index (κ3) is 2.98. The zero-order valence-corrected chi connectivity index (χ0v) is 14.7. The topological polar surface area (TPSA) is 66.5 Å². The fourth-order valence-electron chi connectivity index (χ4n) is 2.95. The van der Waals surface area contributed by atoms with Crippen molar-refractivity contribution in [3.05, 3.63) is 94.5 Å². The molecule has 0 radical (unpaired) electrons. The predicted octanol–water partition coefficient (Wildman–Crippen LogP) is 4.39. The molecule has 0 saturated carbocycles. The number of fused-ring (bicyclic) bond motifs is 1. The van der Waals surface area contributed by atoms with Gasteiger partial charge in [0.25, 0.3) is 17.7 Å². The molecule has 3 aromatic rings. The van der Waals surface area contributed by atoms with Crippen molar-refractivity contribution in [3.63, 3.8) is 0 Å². The molecule has 132 valence electrons. The molecule has 0 spiro atoms. The van der Waals surface area contributed by atoms with Crippen molar-refractivity contribution in [3.8, 4) is 0 Å². The summed E-state index contributed by atoms with van der Waals surface area (Å²) >= 11 is 6.28. The van der Waals surface area contributed by atoms with Crippen molar-refractivity contribution < 1.29 is 14.4 Å². The zero-order chi connectivity index (χ0) is 19.0. The molecule has 0 saturated heterocycles. The number of amides is 3. The SMILES string of the molecule is O=C(Nc1ccc(N2C(=O)c3ccccc3C2=O)cc1Cl)c1ccccc1. The maximum Gasteiger partial charge on any atom is 0.266 e. The molecule has 1 aliphatic heterocycles. The van der Waals surface area contributed by atoms with Crippen molar-refractivity contribution in [1.29, 1.82) is 0 Å². The molecule has 0 aliphatic carbocycles. The highest BCUT2D eigenvalue weighted by molar-refractivity contribution is 6.36. The Balaban J connectivity index is 1.61. The summed E-state index contributed by atoms with van der Waals surface area (Å²) in [4.78, 5) is 38.5. The van der Waals surface area contributed by atoms with Gasteiger partial charge < -0.3 is 5.32 Å². The van der Waals surface area contributed by atoms with E-state index in [1.807, 2.05) is 6.07 Å². The quantitative estimate of drug-likeness (QED) is 0.689. The summed E-state index contributed by atoms with van der Waals surface area (Å²) in [5.41, 5.74) is 1.97. The second kappa shape index (κ2) is 6.70. The van der Waals surface area contributed by atoms with E-state index in [0.717, 1.165) is 4.90 Å². The van der Waals surface area contributed by atoms with Gasteiger partial charge in [-0.1, -0.05) is 41.9 Å². The maximum atomic E-state index is 12.6. The van der Waals surface area contributed by atoms with Crippen LogP contribution in [0.3, 0.4) is 0 Å². The molecule has 0 unspecified atom stereocenters. The summed E-state index contributed by atoms with van der Waals surface area (Å²) in [5.74, 6) is -1.09. The van der Waals surface area contributed by atoms with Gasteiger partial charge in [0.1, 0.15) is 0 Å². The summed E-state index contributed by atoms with van der Waals surface area (Å²) in [5, 5.41) is 2.95. The lowest BCUT2D eigenvalue weighted by molar-refractivity contribution is 0.0924. The van der Waals surface area contributed by atoms with Crippen LogP contribution in [-0.4, -0.2) is 17.7 Å². The van der Waals surface area contributed by atoms with Gasteiger partial charge in [-0.25, -0.2) is 4.90 Å². The number of carbonyl (C=O) groups is 3. The van der Waals surface area contributed by atoms with E-state index in [1.54, 1.807) is 60.7 Å². The molecule has 1 N–H and O–H groups in total. The Morgan fingerprint density at radius 2 is 1.41 bits per heavy atom. The number of nitrogens with zero attached hydrogens (tertiary/aromatic N) is 1. The lowest BCUT2D eigenvalue weighted by Gasteiger charge is -2.16. The van der Waals surface area contributed by atoms with Crippen LogP contribution < -0.4 is 10.2 Å². The number of imide groups is 1. The van der Waals surface area contributed by atoms with Gasteiger partial charge in [-0.2, -0.15) is 0 Å². The van der Waals surface area contributed by atoms with E-state index in [2.05, 4.69) is 5.32 Å². The van der Waals surface area contributed by atoms with Crippen LogP contribution in [0.15, 0.2) is 72.8 Å². The average molecular weight is 377 g/mol. The normalized spacial score (nSPS) is 12.9. The van der Waals surface area contributed by atoms with E-state index in [9.17, 15) is 14.4 Å². The summed E-state index contributed by atoms with van der Waals surface area (Å²) in [6, 6.07) is 20.0. The molecule has 1 aliphatic rings. The van der Waals surface area contributed by atoms with Crippen LogP contribution in [0.2, 0.25) is 5.02 Å². The van der Waals surface area contributed by atoms with E-state index in [-0.39, 0.29) is 10.9 Å². The van der Waals surface area contributed by atoms with Gasteiger partial charge >= 0.3 is 0 Å².